The summed E-state index contributed by atoms with van der Waals surface area (Å²) in [7, 11) is 0. The second-order valence-corrected chi connectivity index (χ2v) is 6.89. The van der Waals surface area contributed by atoms with Crippen LogP contribution in [-0.2, 0) is 0 Å². The van der Waals surface area contributed by atoms with E-state index in [0.717, 1.165) is 13.1 Å². The molecule has 3 rings (SSSR count). The highest BCUT2D eigenvalue weighted by atomic mass is 32.1. The molecule has 0 saturated carbocycles. The topological polar surface area (TPSA) is 87.5 Å². The first-order valence-electron chi connectivity index (χ1n) is 8.20. The summed E-state index contributed by atoms with van der Waals surface area (Å²) >= 11 is 1.70. The minimum atomic E-state index is -0.467. The maximum absolute atomic E-state index is 12.1. The van der Waals surface area contributed by atoms with Crippen LogP contribution in [0.2, 0.25) is 0 Å². The van der Waals surface area contributed by atoms with Gasteiger partial charge in [-0.15, -0.1) is 11.3 Å². The third-order valence-electron chi connectivity index (χ3n) is 4.24. The molecule has 25 heavy (non-hydrogen) atoms. The van der Waals surface area contributed by atoms with Gasteiger partial charge in [0.2, 0.25) is 0 Å². The quantitative estimate of drug-likeness (QED) is 0.608. The summed E-state index contributed by atoms with van der Waals surface area (Å²) in [4.78, 5) is 26.0. The van der Waals surface area contributed by atoms with Crippen molar-refractivity contribution in [2.75, 3.05) is 25.0 Å². The summed E-state index contributed by atoms with van der Waals surface area (Å²) in [5.74, 6) is 0. The molecule has 132 valence electrons. The van der Waals surface area contributed by atoms with Crippen molar-refractivity contribution in [2.24, 2.45) is 0 Å². The third kappa shape index (κ3) is 4.55. The van der Waals surface area contributed by atoms with E-state index in [1.54, 1.807) is 11.3 Å². The molecule has 8 heteroatoms. The van der Waals surface area contributed by atoms with Crippen LogP contribution in [-0.4, -0.2) is 35.5 Å². The van der Waals surface area contributed by atoms with E-state index in [9.17, 15) is 14.9 Å². The van der Waals surface area contributed by atoms with Gasteiger partial charge in [0.05, 0.1) is 11.0 Å². The first-order valence-corrected chi connectivity index (χ1v) is 9.08. The number of amides is 2. The Bertz CT molecular complexity index is 712. The van der Waals surface area contributed by atoms with E-state index in [0.29, 0.717) is 12.2 Å². The maximum atomic E-state index is 12.1. The Balaban J connectivity index is 1.57. The molecular weight excluding hydrogens is 340 g/mol. The van der Waals surface area contributed by atoms with E-state index in [1.807, 2.05) is 6.07 Å². The number of anilines is 1. The lowest BCUT2D eigenvalue weighted by molar-refractivity contribution is -0.384. The molecule has 2 heterocycles. The van der Waals surface area contributed by atoms with Crippen LogP contribution in [0.1, 0.15) is 23.8 Å². The number of carbonyl (C=O) groups excluding carboxylic acids is 1. The van der Waals surface area contributed by atoms with Crippen LogP contribution in [0.25, 0.3) is 0 Å². The predicted octanol–water partition coefficient (Wildman–Crippen LogP) is 3.61. The molecule has 1 aromatic carbocycles. The van der Waals surface area contributed by atoms with Gasteiger partial charge in [-0.2, -0.15) is 0 Å². The number of hydrogen-bond donors (Lipinski definition) is 2. The van der Waals surface area contributed by atoms with Crippen LogP contribution in [0.3, 0.4) is 0 Å². The Morgan fingerprint density at radius 1 is 1.24 bits per heavy atom. The number of rotatable bonds is 6. The zero-order chi connectivity index (χ0) is 17.6. The number of nitrogens with zero attached hydrogens (tertiary/aromatic N) is 2. The van der Waals surface area contributed by atoms with Crippen molar-refractivity contribution in [1.29, 1.82) is 0 Å². The van der Waals surface area contributed by atoms with Crippen molar-refractivity contribution in [2.45, 2.75) is 18.9 Å². The number of carbonyl (C=O) groups is 1. The Hall–Kier alpha value is -2.45. The smallest absolute Gasteiger partial charge is 0.319 e. The highest BCUT2D eigenvalue weighted by Crippen LogP contribution is 2.27. The molecule has 0 unspecified atom stereocenters. The van der Waals surface area contributed by atoms with Gasteiger partial charge in [-0.3, -0.25) is 15.0 Å². The summed E-state index contributed by atoms with van der Waals surface area (Å²) in [5, 5.41) is 18.3. The van der Waals surface area contributed by atoms with E-state index in [-0.39, 0.29) is 17.8 Å². The van der Waals surface area contributed by atoms with Crippen LogP contribution in [0.5, 0.6) is 0 Å². The minimum Gasteiger partial charge on any atom is -0.336 e. The zero-order valence-corrected chi connectivity index (χ0v) is 14.5. The van der Waals surface area contributed by atoms with Gasteiger partial charge in [-0.1, -0.05) is 6.07 Å². The molecule has 0 aliphatic carbocycles. The second kappa shape index (κ2) is 8.09. The van der Waals surface area contributed by atoms with E-state index >= 15 is 0 Å². The average Bonchev–Trinajstić information content (AvgIpc) is 3.29. The largest absolute Gasteiger partial charge is 0.336 e. The zero-order valence-electron chi connectivity index (χ0n) is 13.7. The number of hydrogen-bond acceptors (Lipinski definition) is 5. The second-order valence-electron chi connectivity index (χ2n) is 5.91. The van der Waals surface area contributed by atoms with Gasteiger partial charge in [0.15, 0.2) is 0 Å². The van der Waals surface area contributed by atoms with Gasteiger partial charge in [-0.05, 0) is 49.5 Å². The molecule has 1 aromatic heterocycles. The van der Waals surface area contributed by atoms with Crippen molar-refractivity contribution >= 4 is 28.7 Å². The molecule has 7 nitrogen and oxygen atoms in total. The fourth-order valence-corrected chi connectivity index (χ4v) is 3.84. The van der Waals surface area contributed by atoms with Crippen LogP contribution < -0.4 is 10.6 Å². The lowest BCUT2D eigenvalue weighted by atomic mass is 10.2. The summed E-state index contributed by atoms with van der Waals surface area (Å²) < 4.78 is 0. The van der Waals surface area contributed by atoms with Crippen LogP contribution in [0, 0.1) is 10.1 Å². The van der Waals surface area contributed by atoms with Crippen molar-refractivity contribution in [3.05, 3.63) is 56.8 Å². The Labute approximate surface area is 149 Å². The summed E-state index contributed by atoms with van der Waals surface area (Å²) in [6, 6.07) is 9.79. The molecule has 1 aliphatic rings. The Morgan fingerprint density at radius 3 is 2.56 bits per heavy atom. The number of non-ortho nitro benzene ring substituents is 1. The summed E-state index contributed by atoms with van der Waals surface area (Å²) in [6.07, 6.45) is 2.38. The average molecular weight is 360 g/mol. The molecule has 1 saturated heterocycles. The number of nitro groups is 1. The lowest BCUT2D eigenvalue weighted by Gasteiger charge is -2.26. The van der Waals surface area contributed by atoms with E-state index in [1.165, 1.54) is 42.0 Å². The molecule has 0 spiro atoms. The number of benzene rings is 1. The van der Waals surface area contributed by atoms with E-state index in [4.69, 9.17) is 0 Å². The molecule has 2 amide bonds. The normalized spacial score (nSPS) is 15.7. The van der Waals surface area contributed by atoms with Crippen LogP contribution >= 0.6 is 11.3 Å². The number of nitrogens with one attached hydrogen (secondary N) is 2. The van der Waals surface area contributed by atoms with Gasteiger partial charge in [0.1, 0.15) is 0 Å². The van der Waals surface area contributed by atoms with Gasteiger partial charge in [0, 0.05) is 29.2 Å². The van der Waals surface area contributed by atoms with Gasteiger partial charge in [0.25, 0.3) is 5.69 Å². The molecule has 2 N–H and O–H groups in total. The monoisotopic (exact) mass is 360 g/mol. The predicted molar refractivity (Wildman–Crippen MR) is 98.0 cm³/mol. The first-order chi connectivity index (χ1) is 12.1. The summed E-state index contributed by atoms with van der Waals surface area (Å²) in [6.45, 7) is 2.63. The molecule has 1 aliphatic heterocycles. The third-order valence-corrected chi connectivity index (χ3v) is 5.22. The summed E-state index contributed by atoms with van der Waals surface area (Å²) in [5.41, 5.74) is 0.523. The molecule has 2 aromatic rings. The fraction of sp³-hybridized carbons (Fsp3) is 0.353. The van der Waals surface area contributed by atoms with Crippen LogP contribution in [0.4, 0.5) is 16.2 Å². The highest BCUT2D eigenvalue weighted by molar-refractivity contribution is 7.10. The molecule has 0 radical (unpaired) electrons. The van der Waals surface area contributed by atoms with E-state index < -0.39 is 4.92 Å². The van der Waals surface area contributed by atoms with Gasteiger partial charge in [-0.25, -0.2) is 4.79 Å². The van der Waals surface area contributed by atoms with Crippen LogP contribution in [0.15, 0.2) is 41.8 Å². The maximum Gasteiger partial charge on any atom is 0.319 e. The van der Waals surface area contributed by atoms with E-state index in [2.05, 4.69) is 27.0 Å². The van der Waals surface area contributed by atoms with Crippen molar-refractivity contribution in [3.63, 3.8) is 0 Å². The van der Waals surface area contributed by atoms with Crippen molar-refractivity contribution in [1.82, 2.24) is 10.2 Å². The molecular formula is C17H20N4O3S. The first kappa shape index (κ1) is 17.4. The number of likely N-dealkylation sites (tertiary alicyclic amines) is 1. The van der Waals surface area contributed by atoms with Gasteiger partial charge < -0.3 is 10.6 Å². The SMILES string of the molecule is O=C(NC[C@H](c1cccs1)N1CCCC1)Nc1ccc([N+](=O)[O-])cc1. The van der Waals surface area contributed by atoms with Crippen molar-refractivity contribution < 1.29 is 9.72 Å². The number of thiophene rings is 1. The number of nitro benzene ring substituents is 1. The standard InChI is InChI=1S/C17H20N4O3S/c22-17(19-13-5-7-14(8-6-13)21(23)24)18-12-15(16-4-3-11-25-16)20-9-1-2-10-20/h3-8,11,15H,1-2,9-10,12H2,(H2,18,19,22)/t15-/m1/s1. The Kier molecular flexibility index (Phi) is 5.62. The minimum absolute atomic E-state index is 0.00208. The Morgan fingerprint density at radius 2 is 1.96 bits per heavy atom. The highest BCUT2D eigenvalue weighted by Gasteiger charge is 2.24. The van der Waals surface area contributed by atoms with Gasteiger partial charge >= 0.3 is 6.03 Å². The number of urea groups is 1. The fourth-order valence-electron chi connectivity index (χ4n) is 2.97. The molecule has 0 bridgehead atoms. The molecule has 1 fully saturated rings. The van der Waals surface area contributed by atoms with Crippen molar-refractivity contribution in [3.8, 4) is 0 Å². The molecule has 1 atom stereocenters. The lowest BCUT2D eigenvalue weighted by Crippen LogP contribution is -2.38.